The van der Waals surface area contributed by atoms with Crippen LogP contribution in [0.15, 0.2) is 164 Å². The molecule has 0 amide bonds. The molecular weight excluding hydrogens is 595 g/mol. The van der Waals surface area contributed by atoms with Crippen molar-refractivity contribution in [2.75, 3.05) is 4.90 Å². The minimum absolute atomic E-state index is 0.196. The molecule has 0 radical (unpaired) electrons. The number of hydrogen-bond acceptors (Lipinski definition) is 1. The summed E-state index contributed by atoms with van der Waals surface area (Å²) >= 11 is 0. The van der Waals surface area contributed by atoms with Gasteiger partial charge in [0.1, 0.15) is 0 Å². The lowest BCUT2D eigenvalue weighted by molar-refractivity contribution is 0.632. The molecule has 232 valence electrons. The first-order valence-electron chi connectivity index (χ1n) is 16.7. The van der Waals surface area contributed by atoms with Gasteiger partial charge in [-0.25, -0.2) is 4.85 Å². The van der Waals surface area contributed by atoms with Crippen molar-refractivity contribution in [3.63, 3.8) is 0 Å². The third-order valence-electron chi connectivity index (χ3n) is 10.2. The van der Waals surface area contributed by atoms with E-state index in [1.807, 2.05) is 12.1 Å². The first-order valence-corrected chi connectivity index (χ1v) is 16.7. The predicted molar refractivity (Wildman–Crippen MR) is 205 cm³/mol. The summed E-state index contributed by atoms with van der Waals surface area (Å²) in [4.78, 5) is 6.50. The average molecular weight is 628 g/mol. The fraction of sp³-hybridized carbons (Fsp3) is 0.0652. The Bertz CT molecular complexity index is 2550. The van der Waals surface area contributed by atoms with Gasteiger partial charge in [0.25, 0.3) is 0 Å². The first-order chi connectivity index (χ1) is 24.1. The van der Waals surface area contributed by atoms with Gasteiger partial charge >= 0.3 is 0 Å². The number of benzene rings is 7. The van der Waals surface area contributed by atoms with Gasteiger partial charge in [0, 0.05) is 27.4 Å². The number of aromatic nitrogens is 1. The molecule has 0 aliphatic carbocycles. The van der Waals surface area contributed by atoms with Gasteiger partial charge in [0.2, 0.25) is 5.69 Å². The maximum absolute atomic E-state index is 8.25. The van der Waals surface area contributed by atoms with E-state index in [1.54, 1.807) is 0 Å². The van der Waals surface area contributed by atoms with Crippen LogP contribution in [0.3, 0.4) is 0 Å². The van der Waals surface area contributed by atoms with E-state index < -0.39 is 0 Å². The van der Waals surface area contributed by atoms with Crippen molar-refractivity contribution in [1.29, 1.82) is 0 Å². The molecule has 0 saturated heterocycles. The van der Waals surface area contributed by atoms with Crippen LogP contribution < -0.4 is 4.90 Å². The highest BCUT2D eigenvalue weighted by Crippen LogP contribution is 2.55. The van der Waals surface area contributed by atoms with Crippen LogP contribution in [0.25, 0.3) is 54.6 Å². The van der Waals surface area contributed by atoms with Crippen LogP contribution in [0, 0.1) is 6.57 Å². The number of hydrogen-bond donors (Lipinski definition) is 0. The molecule has 0 unspecified atom stereocenters. The second-order valence-corrected chi connectivity index (χ2v) is 13.3. The SMILES string of the molecule is [C-]#[N+]c1cccc(-c2cccc(-c3cccc4c3N(c3ccccc3)c3ccccc3C4(C)C)c2)c1-n1c2ccccc2c2ccccc21. The summed E-state index contributed by atoms with van der Waals surface area (Å²) in [6, 6.07) is 58.1. The summed E-state index contributed by atoms with van der Waals surface area (Å²) in [5.41, 5.74) is 14.1. The Balaban J connectivity index is 1.29. The van der Waals surface area contributed by atoms with Crippen molar-refractivity contribution in [2.45, 2.75) is 19.3 Å². The maximum Gasteiger partial charge on any atom is 0.211 e. The molecule has 9 rings (SSSR count). The summed E-state index contributed by atoms with van der Waals surface area (Å²) in [5, 5.41) is 2.36. The molecule has 0 spiro atoms. The van der Waals surface area contributed by atoms with E-state index in [4.69, 9.17) is 6.57 Å². The normalized spacial score (nSPS) is 13.2. The van der Waals surface area contributed by atoms with Gasteiger partial charge in [-0.1, -0.05) is 141 Å². The standard InChI is InChI=1S/C46H33N3/c1-46(2)38-24-9-12-29-43(38)48(33-18-5-4-6-19-33)44-34(22-14-25-39(44)46)31-16-13-17-32(30-31)35-23-15-26-40(47-3)45(35)49-41-27-10-7-20-36(41)37-21-8-11-28-42(37)49/h4-30H,1-2H3. The summed E-state index contributed by atoms with van der Waals surface area (Å²) in [6.45, 7) is 12.9. The van der Waals surface area contributed by atoms with Crippen molar-refractivity contribution < 1.29 is 0 Å². The maximum atomic E-state index is 8.25. The lowest BCUT2D eigenvalue weighted by Crippen LogP contribution is -2.31. The topological polar surface area (TPSA) is 12.5 Å². The van der Waals surface area contributed by atoms with E-state index in [0.29, 0.717) is 5.69 Å². The van der Waals surface area contributed by atoms with Crippen molar-refractivity contribution in [3.8, 4) is 27.9 Å². The van der Waals surface area contributed by atoms with Crippen molar-refractivity contribution in [2.24, 2.45) is 0 Å². The van der Waals surface area contributed by atoms with Crippen LogP contribution in [-0.4, -0.2) is 4.57 Å². The third-order valence-corrected chi connectivity index (χ3v) is 10.2. The minimum atomic E-state index is -0.196. The predicted octanol–water partition coefficient (Wildman–Crippen LogP) is 12.8. The van der Waals surface area contributed by atoms with Crippen molar-refractivity contribution in [1.82, 2.24) is 4.57 Å². The Morgan fingerprint density at radius 1 is 0.510 bits per heavy atom. The molecule has 1 aliphatic rings. The number of fused-ring (bicyclic) bond motifs is 5. The number of nitrogens with zero attached hydrogens (tertiary/aromatic N) is 3. The van der Waals surface area contributed by atoms with Gasteiger partial charge in [-0.2, -0.15) is 0 Å². The molecule has 8 aromatic rings. The van der Waals surface area contributed by atoms with E-state index in [1.165, 1.54) is 38.8 Å². The lowest BCUT2D eigenvalue weighted by atomic mass is 9.72. The van der Waals surface area contributed by atoms with Gasteiger partial charge in [0.05, 0.1) is 34.7 Å². The average Bonchev–Trinajstić information content (AvgIpc) is 3.49. The molecule has 1 aliphatic heterocycles. The molecule has 1 aromatic heterocycles. The van der Waals surface area contributed by atoms with E-state index in [0.717, 1.165) is 39.1 Å². The molecule has 3 nitrogen and oxygen atoms in total. The molecule has 7 aromatic carbocycles. The fourth-order valence-electron chi connectivity index (χ4n) is 7.94. The largest absolute Gasteiger partial charge is 0.318 e. The highest BCUT2D eigenvalue weighted by Gasteiger charge is 2.38. The van der Waals surface area contributed by atoms with Crippen LogP contribution in [0.5, 0.6) is 0 Å². The zero-order valence-corrected chi connectivity index (χ0v) is 27.4. The minimum Gasteiger partial charge on any atom is -0.318 e. The molecule has 3 heteroatoms. The molecular formula is C46H33N3. The lowest BCUT2D eigenvalue weighted by Gasteiger charge is -2.43. The summed E-state index contributed by atoms with van der Waals surface area (Å²) in [7, 11) is 0. The smallest absolute Gasteiger partial charge is 0.211 e. The summed E-state index contributed by atoms with van der Waals surface area (Å²) < 4.78 is 2.28. The van der Waals surface area contributed by atoms with Gasteiger partial charge in [-0.3, -0.25) is 0 Å². The zero-order valence-electron chi connectivity index (χ0n) is 27.4. The van der Waals surface area contributed by atoms with E-state index >= 15 is 0 Å². The Hall–Kier alpha value is -6.37. The monoisotopic (exact) mass is 627 g/mol. The molecule has 0 fully saturated rings. The third kappa shape index (κ3) is 4.35. The Kier molecular flexibility index (Phi) is 6.54. The van der Waals surface area contributed by atoms with Gasteiger partial charge in [-0.15, -0.1) is 0 Å². The quantitative estimate of drug-likeness (QED) is 0.177. The van der Waals surface area contributed by atoms with Crippen molar-refractivity contribution >= 4 is 44.6 Å². The van der Waals surface area contributed by atoms with Crippen LogP contribution in [0.4, 0.5) is 22.7 Å². The Labute approximate surface area is 286 Å². The molecule has 49 heavy (non-hydrogen) atoms. The molecule has 0 saturated carbocycles. The Morgan fingerprint density at radius 3 is 1.76 bits per heavy atom. The Morgan fingerprint density at radius 2 is 1.06 bits per heavy atom. The second-order valence-electron chi connectivity index (χ2n) is 13.3. The fourth-order valence-corrected chi connectivity index (χ4v) is 7.94. The van der Waals surface area contributed by atoms with E-state index in [2.05, 4.69) is 180 Å². The summed E-state index contributed by atoms with van der Waals surface area (Å²) in [5.74, 6) is 0. The van der Waals surface area contributed by atoms with E-state index in [-0.39, 0.29) is 5.41 Å². The molecule has 2 heterocycles. The molecule has 0 N–H and O–H groups in total. The van der Waals surface area contributed by atoms with Crippen LogP contribution in [-0.2, 0) is 5.41 Å². The van der Waals surface area contributed by atoms with Gasteiger partial charge in [-0.05, 0) is 64.2 Å². The van der Waals surface area contributed by atoms with Crippen LogP contribution >= 0.6 is 0 Å². The van der Waals surface area contributed by atoms with Crippen LogP contribution in [0.2, 0.25) is 0 Å². The number of para-hydroxylation sites is 6. The first kappa shape index (κ1) is 28.8. The van der Waals surface area contributed by atoms with Crippen molar-refractivity contribution in [3.05, 3.63) is 186 Å². The zero-order chi connectivity index (χ0) is 33.1. The van der Waals surface area contributed by atoms with E-state index in [9.17, 15) is 0 Å². The number of rotatable bonds is 4. The molecule has 0 atom stereocenters. The highest BCUT2D eigenvalue weighted by atomic mass is 15.2. The summed E-state index contributed by atoms with van der Waals surface area (Å²) in [6.07, 6.45) is 0. The number of anilines is 3. The van der Waals surface area contributed by atoms with Gasteiger partial charge in [0.15, 0.2) is 0 Å². The highest BCUT2D eigenvalue weighted by molar-refractivity contribution is 6.10. The van der Waals surface area contributed by atoms with Crippen LogP contribution in [0.1, 0.15) is 25.0 Å². The second kappa shape index (κ2) is 11.1. The molecule has 0 bridgehead atoms. The van der Waals surface area contributed by atoms with Gasteiger partial charge < -0.3 is 9.47 Å².